The Morgan fingerprint density at radius 3 is 2.52 bits per heavy atom. The first-order valence-corrected chi connectivity index (χ1v) is 8.04. The van der Waals surface area contributed by atoms with Crippen LogP contribution in [0.3, 0.4) is 0 Å². The monoisotopic (exact) mass is 305 g/mol. The Morgan fingerprint density at radius 1 is 1.19 bits per heavy atom. The number of rotatable bonds is 3. The first-order chi connectivity index (χ1) is 10.1. The van der Waals surface area contributed by atoms with Crippen LogP contribution in [-0.4, -0.2) is 45.8 Å². The number of imide groups is 1. The van der Waals surface area contributed by atoms with E-state index < -0.39 is 5.97 Å². The van der Waals surface area contributed by atoms with Crippen LogP contribution in [0.25, 0.3) is 0 Å². The van der Waals surface area contributed by atoms with Gasteiger partial charge in [-0.1, -0.05) is 0 Å². The van der Waals surface area contributed by atoms with Gasteiger partial charge < -0.3 is 5.11 Å². The number of carbonyl (C=O) groups excluding carboxylic acids is 2. The van der Waals surface area contributed by atoms with Gasteiger partial charge >= 0.3 is 5.97 Å². The third kappa shape index (κ3) is 2.55. The molecule has 2 aliphatic heterocycles. The number of carbonyl (C=O) groups is 3. The Morgan fingerprint density at radius 2 is 1.86 bits per heavy atom. The maximum atomic E-state index is 12.4. The number of amides is 2. The van der Waals surface area contributed by atoms with Crippen molar-refractivity contribution in [3.8, 4) is 0 Å². The molecule has 1 aromatic carbocycles. The fourth-order valence-electron chi connectivity index (χ4n) is 2.78. The first kappa shape index (κ1) is 14.1. The minimum Gasteiger partial charge on any atom is -0.478 e. The Kier molecular flexibility index (Phi) is 3.71. The van der Waals surface area contributed by atoms with Crippen LogP contribution in [-0.2, 0) is 0 Å². The van der Waals surface area contributed by atoms with Gasteiger partial charge in [-0.2, -0.15) is 11.8 Å². The highest BCUT2D eigenvalue weighted by Crippen LogP contribution is 2.29. The second kappa shape index (κ2) is 5.52. The van der Waals surface area contributed by atoms with E-state index in [4.69, 9.17) is 5.11 Å². The van der Waals surface area contributed by atoms with Crippen molar-refractivity contribution in [2.45, 2.75) is 12.8 Å². The van der Waals surface area contributed by atoms with Crippen molar-refractivity contribution < 1.29 is 19.5 Å². The molecule has 21 heavy (non-hydrogen) atoms. The molecule has 1 aromatic rings. The zero-order chi connectivity index (χ0) is 15.0. The molecular weight excluding hydrogens is 290 g/mol. The number of thioether (sulfide) groups is 1. The molecule has 1 fully saturated rings. The van der Waals surface area contributed by atoms with Crippen LogP contribution in [0.1, 0.15) is 43.9 Å². The van der Waals surface area contributed by atoms with Crippen LogP contribution in [0.4, 0.5) is 0 Å². The SMILES string of the molecule is O=C(O)c1ccc2c(c1)C(=O)N(CC1CCSCC1)C2=O. The van der Waals surface area contributed by atoms with Crippen molar-refractivity contribution in [2.75, 3.05) is 18.1 Å². The zero-order valence-corrected chi connectivity index (χ0v) is 12.2. The van der Waals surface area contributed by atoms with Crippen LogP contribution in [0, 0.1) is 5.92 Å². The molecule has 0 spiro atoms. The van der Waals surface area contributed by atoms with E-state index in [0.717, 1.165) is 24.3 Å². The van der Waals surface area contributed by atoms with Crippen molar-refractivity contribution >= 4 is 29.5 Å². The molecule has 2 amide bonds. The summed E-state index contributed by atoms with van der Waals surface area (Å²) in [4.78, 5) is 36.9. The van der Waals surface area contributed by atoms with Crippen molar-refractivity contribution in [1.29, 1.82) is 0 Å². The Balaban J connectivity index is 1.84. The number of carboxylic acid groups (broad SMARTS) is 1. The predicted molar refractivity (Wildman–Crippen MR) is 78.8 cm³/mol. The molecule has 0 atom stereocenters. The Bertz CT molecular complexity index is 622. The van der Waals surface area contributed by atoms with Crippen molar-refractivity contribution in [3.05, 3.63) is 34.9 Å². The van der Waals surface area contributed by atoms with E-state index in [-0.39, 0.29) is 22.9 Å². The van der Waals surface area contributed by atoms with Gasteiger partial charge in [-0.25, -0.2) is 4.79 Å². The lowest BCUT2D eigenvalue weighted by Gasteiger charge is -2.25. The fraction of sp³-hybridized carbons (Fsp3) is 0.400. The minimum atomic E-state index is -1.10. The topological polar surface area (TPSA) is 74.7 Å². The predicted octanol–water partition coefficient (Wildman–Crippen LogP) is 2.12. The average Bonchev–Trinajstić information content (AvgIpc) is 2.73. The molecule has 1 N–H and O–H groups in total. The normalized spacial score (nSPS) is 19.0. The first-order valence-electron chi connectivity index (χ1n) is 6.89. The van der Waals surface area contributed by atoms with E-state index in [1.807, 2.05) is 11.8 Å². The van der Waals surface area contributed by atoms with Gasteiger partial charge in [0.2, 0.25) is 0 Å². The summed E-state index contributed by atoms with van der Waals surface area (Å²) in [6.07, 6.45) is 2.02. The summed E-state index contributed by atoms with van der Waals surface area (Å²) in [6, 6.07) is 4.11. The number of fused-ring (bicyclic) bond motifs is 1. The summed E-state index contributed by atoms with van der Waals surface area (Å²) in [6.45, 7) is 0.440. The van der Waals surface area contributed by atoms with Crippen molar-refractivity contribution in [2.24, 2.45) is 5.92 Å². The zero-order valence-electron chi connectivity index (χ0n) is 11.4. The third-order valence-corrected chi connectivity index (χ3v) is 5.05. The molecule has 0 unspecified atom stereocenters. The van der Waals surface area contributed by atoms with E-state index in [9.17, 15) is 14.4 Å². The van der Waals surface area contributed by atoms with E-state index in [2.05, 4.69) is 0 Å². The number of carboxylic acids is 1. The number of nitrogens with zero attached hydrogens (tertiary/aromatic N) is 1. The van der Waals surface area contributed by atoms with E-state index in [0.29, 0.717) is 18.0 Å². The van der Waals surface area contributed by atoms with Crippen LogP contribution >= 0.6 is 11.8 Å². The van der Waals surface area contributed by atoms with Gasteiger partial charge in [0.1, 0.15) is 0 Å². The molecule has 0 aromatic heterocycles. The van der Waals surface area contributed by atoms with Gasteiger partial charge in [0.15, 0.2) is 0 Å². The molecule has 2 aliphatic rings. The highest BCUT2D eigenvalue weighted by molar-refractivity contribution is 7.99. The summed E-state index contributed by atoms with van der Waals surface area (Å²) in [5.74, 6) is 0.725. The molecule has 3 rings (SSSR count). The molecule has 2 heterocycles. The molecule has 6 heteroatoms. The van der Waals surface area contributed by atoms with Crippen LogP contribution in [0.2, 0.25) is 0 Å². The number of aromatic carboxylic acids is 1. The molecule has 0 saturated carbocycles. The summed E-state index contributed by atoms with van der Waals surface area (Å²) >= 11 is 1.90. The van der Waals surface area contributed by atoms with Gasteiger partial charge in [-0.15, -0.1) is 0 Å². The third-order valence-electron chi connectivity index (χ3n) is 4.00. The fourth-order valence-corrected chi connectivity index (χ4v) is 3.98. The lowest BCUT2D eigenvalue weighted by Crippen LogP contribution is -2.35. The molecule has 1 saturated heterocycles. The van der Waals surface area contributed by atoms with Crippen molar-refractivity contribution in [3.63, 3.8) is 0 Å². The van der Waals surface area contributed by atoms with Crippen LogP contribution in [0.5, 0.6) is 0 Å². The van der Waals surface area contributed by atoms with Crippen LogP contribution < -0.4 is 0 Å². The van der Waals surface area contributed by atoms with Crippen molar-refractivity contribution in [1.82, 2.24) is 4.90 Å². The molecule has 5 nitrogen and oxygen atoms in total. The van der Waals surface area contributed by atoms with Gasteiger partial charge in [-0.3, -0.25) is 14.5 Å². The van der Waals surface area contributed by atoms with Gasteiger partial charge in [0.05, 0.1) is 16.7 Å². The highest BCUT2D eigenvalue weighted by Gasteiger charge is 2.37. The second-order valence-corrected chi connectivity index (χ2v) is 6.57. The summed E-state index contributed by atoms with van der Waals surface area (Å²) in [7, 11) is 0. The molecule has 0 aliphatic carbocycles. The van der Waals surface area contributed by atoms with Gasteiger partial charge in [-0.05, 0) is 48.5 Å². The minimum absolute atomic E-state index is 0.0332. The van der Waals surface area contributed by atoms with E-state index >= 15 is 0 Å². The molecule has 110 valence electrons. The largest absolute Gasteiger partial charge is 0.478 e. The standard InChI is InChI=1S/C15H15NO4S/c17-13-11-2-1-10(15(19)20)7-12(11)14(18)16(13)8-9-3-5-21-6-4-9/h1-2,7,9H,3-6,8H2,(H,19,20). The Labute approximate surface area is 126 Å². The Hall–Kier alpha value is -1.82. The summed E-state index contributed by atoms with van der Waals surface area (Å²) in [5.41, 5.74) is 0.561. The average molecular weight is 305 g/mol. The molecule has 0 radical (unpaired) electrons. The molecular formula is C15H15NO4S. The van der Waals surface area contributed by atoms with Gasteiger partial charge in [0.25, 0.3) is 11.8 Å². The quantitative estimate of drug-likeness (QED) is 0.866. The molecule has 0 bridgehead atoms. The second-order valence-electron chi connectivity index (χ2n) is 5.34. The summed E-state index contributed by atoms with van der Waals surface area (Å²) in [5, 5.41) is 8.98. The number of benzene rings is 1. The highest BCUT2D eigenvalue weighted by atomic mass is 32.2. The lowest BCUT2D eigenvalue weighted by atomic mass is 10.0. The lowest BCUT2D eigenvalue weighted by molar-refractivity contribution is 0.0625. The van der Waals surface area contributed by atoms with Gasteiger partial charge in [0, 0.05) is 6.54 Å². The maximum Gasteiger partial charge on any atom is 0.335 e. The smallest absolute Gasteiger partial charge is 0.335 e. The van der Waals surface area contributed by atoms with E-state index in [1.54, 1.807) is 0 Å². The summed E-state index contributed by atoms with van der Waals surface area (Å²) < 4.78 is 0. The van der Waals surface area contributed by atoms with E-state index in [1.165, 1.54) is 23.1 Å². The maximum absolute atomic E-state index is 12.4. The van der Waals surface area contributed by atoms with Crippen LogP contribution in [0.15, 0.2) is 18.2 Å². The number of hydrogen-bond acceptors (Lipinski definition) is 4. The number of hydrogen-bond donors (Lipinski definition) is 1.